The van der Waals surface area contributed by atoms with Crippen LogP contribution in [0.1, 0.15) is 118 Å². The lowest BCUT2D eigenvalue weighted by molar-refractivity contribution is -0.137. The molecule has 1 amide bonds. The molecule has 0 bridgehead atoms. The van der Waals surface area contributed by atoms with Gasteiger partial charge in [-0.25, -0.2) is 4.79 Å². The first-order valence-electron chi connectivity index (χ1n) is 24.1. The fourth-order valence-electron chi connectivity index (χ4n) is 11.2. The Hall–Kier alpha value is -1.84. The van der Waals surface area contributed by atoms with Crippen molar-refractivity contribution in [2.45, 2.75) is 124 Å². The molecule has 4 aliphatic rings. The van der Waals surface area contributed by atoms with Gasteiger partial charge in [0.1, 0.15) is 6.10 Å². The summed E-state index contributed by atoms with van der Waals surface area (Å²) in [6.07, 6.45) is 16.9. The summed E-state index contributed by atoms with van der Waals surface area (Å²) >= 11 is 0. The molecule has 8 unspecified atom stereocenters. The first-order valence-corrected chi connectivity index (χ1v) is 24.1. The Morgan fingerprint density at radius 3 is 1.84 bits per heavy atom. The average Bonchev–Trinajstić information content (AvgIpc) is 3.59. The second-order valence-corrected chi connectivity index (χ2v) is 19.0. The highest BCUT2D eigenvalue weighted by Gasteiger charge is 2.59. The molecule has 3 N–H and O–H groups in total. The van der Waals surface area contributed by atoms with Crippen LogP contribution < -0.4 is 10.6 Å². The number of allylic oxidation sites excluding steroid dienone is 1. The number of fused-ring (bicyclic) bond motifs is 5. The Labute approximate surface area is 368 Å². The standard InChI is InChI=1S/C48H86N2O11/c1-37(2)8-6-9-38(3)42-13-14-43-41-12-11-39-36-40(15-17-47(39,4)44(41)16-18-48(42,43)5)61-46(53)50-21-23-55-25-27-57-29-31-59-33-35-60-34-32-58-30-28-56-26-24-54-22-20-49-19-7-10-45(51)52/h11,37-38,40-44,49H,6-10,12-36H2,1-5H3,(H,50,53)(H,51,52). The molecule has 0 radical (unpaired) electrons. The number of carbonyl (C=O) groups is 2. The summed E-state index contributed by atoms with van der Waals surface area (Å²) in [4.78, 5) is 23.1. The number of rotatable bonds is 34. The summed E-state index contributed by atoms with van der Waals surface area (Å²) in [5.41, 5.74) is 2.30. The predicted octanol–water partition coefficient (Wildman–Crippen LogP) is 7.69. The van der Waals surface area contributed by atoms with Gasteiger partial charge in [-0.15, -0.1) is 0 Å². The summed E-state index contributed by atoms with van der Waals surface area (Å²) < 4.78 is 44.7. The Morgan fingerprint density at radius 1 is 0.689 bits per heavy atom. The number of alkyl carbamates (subject to hydrolysis) is 1. The van der Waals surface area contributed by atoms with Crippen molar-refractivity contribution in [3.05, 3.63) is 11.6 Å². The van der Waals surface area contributed by atoms with Gasteiger partial charge in [-0.1, -0.05) is 65.5 Å². The molecule has 3 saturated carbocycles. The van der Waals surface area contributed by atoms with Crippen LogP contribution in [0.2, 0.25) is 0 Å². The fourth-order valence-corrected chi connectivity index (χ4v) is 11.2. The molecule has 0 saturated heterocycles. The van der Waals surface area contributed by atoms with Crippen LogP contribution >= 0.6 is 0 Å². The molecule has 4 rings (SSSR count). The SMILES string of the molecule is CC(C)CCCC(C)C1CCC2C3CC=C4CC(OC(=O)NCCOCCOCCOCCOCCOCCOCCOCCNCCCC(=O)O)CCC4(C)C3CCC12C. The maximum absolute atomic E-state index is 12.7. The number of carboxylic acids is 1. The van der Waals surface area contributed by atoms with Crippen molar-refractivity contribution in [3.8, 4) is 0 Å². The first kappa shape index (κ1) is 51.8. The van der Waals surface area contributed by atoms with Crippen LogP contribution in [0, 0.1) is 46.3 Å². The lowest BCUT2D eigenvalue weighted by Gasteiger charge is -2.58. The Balaban J connectivity index is 0.914. The van der Waals surface area contributed by atoms with Gasteiger partial charge >= 0.3 is 12.1 Å². The minimum Gasteiger partial charge on any atom is -0.481 e. The summed E-state index contributed by atoms with van der Waals surface area (Å²) in [7, 11) is 0. The zero-order valence-electron chi connectivity index (χ0n) is 38.9. The molecule has 8 atom stereocenters. The number of ether oxygens (including phenoxy) is 8. The second-order valence-electron chi connectivity index (χ2n) is 19.0. The molecule has 3 fully saturated rings. The molecular formula is C48H86N2O11. The van der Waals surface area contributed by atoms with Crippen LogP contribution in [0.15, 0.2) is 11.6 Å². The van der Waals surface area contributed by atoms with Gasteiger partial charge in [-0.2, -0.15) is 0 Å². The maximum atomic E-state index is 12.7. The quantitative estimate of drug-likeness (QED) is 0.0430. The van der Waals surface area contributed by atoms with E-state index in [1.54, 1.807) is 5.57 Å². The molecule has 354 valence electrons. The van der Waals surface area contributed by atoms with E-state index in [4.69, 9.17) is 43.0 Å². The van der Waals surface area contributed by atoms with E-state index in [-0.39, 0.29) is 24.0 Å². The maximum Gasteiger partial charge on any atom is 0.407 e. The van der Waals surface area contributed by atoms with Crippen molar-refractivity contribution in [2.75, 3.05) is 112 Å². The molecule has 61 heavy (non-hydrogen) atoms. The van der Waals surface area contributed by atoms with E-state index in [0.717, 1.165) is 54.8 Å². The largest absolute Gasteiger partial charge is 0.481 e. The normalized spacial score (nSPS) is 27.6. The zero-order valence-corrected chi connectivity index (χ0v) is 38.9. The molecule has 0 aromatic heterocycles. The van der Waals surface area contributed by atoms with E-state index < -0.39 is 5.97 Å². The summed E-state index contributed by atoms with van der Waals surface area (Å²) in [6.45, 7) is 21.1. The van der Waals surface area contributed by atoms with E-state index in [0.29, 0.717) is 124 Å². The van der Waals surface area contributed by atoms with Gasteiger partial charge in [0, 0.05) is 25.9 Å². The van der Waals surface area contributed by atoms with E-state index in [9.17, 15) is 9.59 Å². The first-order chi connectivity index (χ1) is 29.5. The average molecular weight is 867 g/mol. The number of amides is 1. The van der Waals surface area contributed by atoms with Gasteiger partial charge in [0.2, 0.25) is 0 Å². The van der Waals surface area contributed by atoms with Crippen LogP contribution in [0.3, 0.4) is 0 Å². The molecule has 13 heteroatoms. The highest BCUT2D eigenvalue weighted by molar-refractivity contribution is 5.67. The van der Waals surface area contributed by atoms with Gasteiger partial charge in [-0.3, -0.25) is 4.79 Å². The monoisotopic (exact) mass is 867 g/mol. The third-order valence-corrected chi connectivity index (χ3v) is 14.4. The molecule has 0 spiro atoms. The zero-order chi connectivity index (χ0) is 43.8. The van der Waals surface area contributed by atoms with Crippen LogP contribution in [0.5, 0.6) is 0 Å². The summed E-state index contributed by atoms with van der Waals surface area (Å²) in [5, 5.41) is 14.6. The van der Waals surface area contributed by atoms with E-state index in [1.807, 2.05) is 0 Å². The molecule has 0 aliphatic heterocycles. The third-order valence-electron chi connectivity index (χ3n) is 14.4. The third kappa shape index (κ3) is 17.9. The lowest BCUT2D eigenvalue weighted by Crippen LogP contribution is -2.51. The van der Waals surface area contributed by atoms with Crippen molar-refractivity contribution in [2.24, 2.45) is 46.3 Å². The number of nitrogens with one attached hydrogen (secondary N) is 2. The molecule has 4 aliphatic carbocycles. The van der Waals surface area contributed by atoms with Crippen molar-refractivity contribution in [1.82, 2.24) is 10.6 Å². The van der Waals surface area contributed by atoms with E-state index >= 15 is 0 Å². The molecule has 0 aromatic rings. The topological polar surface area (TPSA) is 152 Å². The number of aliphatic carboxylic acids is 1. The van der Waals surface area contributed by atoms with Gasteiger partial charge in [0.15, 0.2) is 0 Å². The molecule has 0 heterocycles. The van der Waals surface area contributed by atoms with E-state index in [1.165, 1.54) is 51.4 Å². The lowest BCUT2D eigenvalue weighted by atomic mass is 9.47. The van der Waals surface area contributed by atoms with Gasteiger partial charge in [0.05, 0.1) is 92.5 Å². The number of carboxylic acid groups (broad SMARTS) is 1. The number of hydrogen-bond donors (Lipinski definition) is 3. The van der Waals surface area contributed by atoms with Gasteiger partial charge < -0.3 is 53.6 Å². The minimum absolute atomic E-state index is 0.0517. The fraction of sp³-hybridized carbons (Fsp3) is 0.917. The van der Waals surface area contributed by atoms with Crippen LogP contribution in [0.25, 0.3) is 0 Å². The van der Waals surface area contributed by atoms with Crippen LogP contribution in [-0.2, 0) is 42.7 Å². The second kappa shape index (κ2) is 28.8. The molecule has 13 nitrogen and oxygen atoms in total. The van der Waals surface area contributed by atoms with Crippen molar-refractivity contribution >= 4 is 12.1 Å². The highest BCUT2D eigenvalue weighted by Crippen LogP contribution is 2.67. The van der Waals surface area contributed by atoms with Crippen LogP contribution in [0.4, 0.5) is 4.79 Å². The Morgan fingerprint density at radius 2 is 1.26 bits per heavy atom. The summed E-state index contributed by atoms with van der Waals surface area (Å²) in [6, 6.07) is 0. The summed E-state index contributed by atoms with van der Waals surface area (Å²) in [5.74, 6) is 4.20. The smallest absolute Gasteiger partial charge is 0.407 e. The van der Waals surface area contributed by atoms with Crippen molar-refractivity contribution in [3.63, 3.8) is 0 Å². The molecular weight excluding hydrogens is 781 g/mol. The minimum atomic E-state index is -0.771. The van der Waals surface area contributed by atoms with E-state index in [2.05, 4.69) is 51.3 Å². The number of hydrogen-bond acceptors (Lipinski definition) is 11. The van der Waals surface area contributed by atoms with Crippen molar-refractivity contribution in [1.29, 1.82) is 0 Å². The van der Waals surface area contributed by atoms with Gasteiger partial charge in [-0.05, 0) is 104 Å². The Bertz CT molecular complexity index is 1250. The number of carbonyl (C=O) groups excluding carboxylic acids is 1. The van der Waals surface area contributed by atoms with Gasteiger partial charge in [0.25, 0.3) is 0 Å². The molecule has 0 aromatic carbocycles. The Kier molecular flexibility index (Phi) is 24.5. The van der Waals surface area contributed by atoms with Crippen molar-refractivity contribution < 1.29 is 52.6 Å². The van der Waals surface area contributed by atoms with Crippen LogP contribution in [-0.4, -0.2) is 135 Å². The highest BCUT2D eigenvalue weighted by atomic mass is 16.6. The predicted molar refractivity (Wildman–Crippen MR) is 237 cm³/mol.